The van der Waals surface area contributed by atoms with E-state index in [0.717, 1.165) is 5.25 Å². The molecule has 2 unspecified atom stereocenters. The third-order valence-corrected chi connectivity index (χ3v) is 5.63. The Kier molecular flexibility index (Phi) is 4.47. The summed E-state index contributed by atoms with van der Waals surface area (Å²) in [6.45, 7) is 7.25. The quantitative estimate of drug-likeness (QED) is 0.767. The third-order valence-electron chi connectivity index (χ3n) is 2.80. The van der Waals surface area contributed by atoms with Gasteiger partial charge in [0.15, 0.2) is 0 Å². The molecule has 0 aliphatic carbocycles. The van der Waals surface area contributed by atoms with Crippen LogP contribution in [0.3, 0.4) is 0 Å². The van der Waals surface area contributed by atoms with Gasteiger partial charge in [-0.1, -0.05) is 0 Å². The lowest BCUT2D eigenvalue weighted by Crippen LogP contribution is -2.51. The smallest absolute Gasteiger partial charge is 0.0265 e. The van der Waals surface area contributed by atoms with Crippen LogP contribution in [-0.4, -0.2) is 59.6 Å². The average Bonchev–Trinajstić information content (AvgIpc) is 2.19. The lowest BCUT2D eigenvalue weighted by Gasteiger charge is -2.35. The lowest BCUT2D eigenvalue weighted by molar-refractivity contribution is 0.210. The van der Waals surface area contributed by atoms with Gasteiger partial charge in [0.1, 0.15) is 0 Å². The van der Waals surface area contributed by atoms with Crippen molar-refractivity contribution >= 4 is 23.5 Å². The Hall–Kier alpha value is 0.620. The molecule has 0 radical (unpaired) electrons. The molecule has 2 fully saturated rings. The SMILES string of the molecule is CC1CN(CC2CSCCS2)CCN1. The van der Waals surface area contributed by atoms with E-state index in [1.54, 1.807) is 0 Å². The van der Waals surface area contributed by atoms with E-state index in [0.29, 0.717) is 6.04 Å². The van der Waals surface area contributed by atoms with Crippen LogP contribution in [0.4, 0.5) is 0 Å². The standard InChI is InChI=1S/C10H20N2S2/c1-9-6-12(3-2-11-9)7-10-8-13-4-5-14-10/h9-11H,2-8H2,1H3. The number of hydrogen-bond donors (Lipinski definition) is 1. The number of thioether (sulfide) groups is 2. The summed E-state index contributed by atoms with van der Waals surface area (Å²) < 4.78 is 0. The van der Waals surface area contributed by atoms with Gasteiger partial charge in [-0.3, -0.25) is 4.90 Å². The van der Waals surface area contributed by atoms with Crippen molar-refractivity contribution in [3.8, 4) is 0 Å². The van der Waals surface area contributed by atoms with Crippen LogP contribution in [0.1, 0.15) is 6.92 Å². The summed E-state index contributed by atoms with van der Waals surface area (Å²) in [5.41, 5.74) is 0. The molecular weight excluding hydrogens is 212 g/mol. The average molecular weight is 232 g/mol. The Morgan fingerprint density at radius 2 is 2.36 bits per heavy atom. The van der Waals surface area contributed by atoms with Crippen molar-refractivity contribution < 1.29 is 0 Å². The number of hydrogen-bond acceptors (Lipinski definition) is 4. The van der Waals surface area contributed by atoms with Crippen molar-refractivity contribution in [2.75, 3.05) is 43.4 Å². The van der Waals surface area contributed by atoms with Gasteiger partial charge in [0.25, 0.3) is 0 Å². The zero-order valence-corrected chi connectivity index (χ0v) is 10.5. The molecule has 2 aliphatic heterocycles. The van der Waals surface area contributed by atoms with E-state index >= 15 is 0 Å². The molecule has 0 spiro atoms. The van der Waals surface area contributed by atoms with Crippen LogP contribution in [0.25, 0.3) is 0 Å². The fourth-order valence-corrected chi connectivity index (χ4v) is 4.82. The summed E-state index contributed by atoms with van der Waals surface area (Å²) in [6.07, 6.45) is 0. The molecular formula is C10H20N2S2. The van der Waals surface area contributed by atoms with E-state index in [1.165, 1.54) is 43.4 Å². The fourth-order valence-electron chi connectivity index (χ4n) is 2.11. The maximum absolute atomic E-state index is 3.50. The van der Waals surface area contributed by atoms with E-state index in [-0.39, 0.29) is 0 Å². The highest BCUT2D eigenvalue weighted by atomic mass is 32.2. The van der Waals surface area contributed by atoms with Crippen LogP contribution in [0.2, 0.25) is 0 Å². The van der Waals surface area contributed by atoms with Crippen LogP contribution in [-0.2, 0) is 0 Å². The molecule has 2 saturated heterocycles. The minimum absolute atomic E-state index is 0.685. The highest BCUT2D eigenvalue weighted by Crippen LogP contribution is 2.24. The largest absolute Gasteiger partial charge is 0.312 e. The van der Waals surface area contributed by atoms with E-state index in [9.17, 15) is 0 Å². The van der Waals surface area contributed by atoms with Gasteiger partial charge in [-0.2, -0.15) is 23.5 Å². The second-order valence-corrected chi connectivity index (χ2v) is 6.74. The molecule has 4 heteroatoms. The first kappa shape index (κ1) is 11.1. The monoisotopic (exact) mass is 232 g/mol. The fraction of sp³-hybridized carbons (Fsp3) is 1.00. The van der Waals surface area contributed by atoms with Crippen molar-refractivity contribution in [1.29, 1.82) is 0 Å². The van der Waals surface area contributed by atoms with Crippen molar-refractivity contribution in [2.24, 2.45) is 0 Å². The molecule has 0 aromatic rings. The maximum Gasteiger partial charge on any atom is 0.0265 e. The number of nitrogens with one attached hydrogen (secondary N) is 1. The molecule has 2 rings (SSSR count). The Labute approximate surface area is 95.6 Å². The summed E-state index contributed by atoms with van der Waals surface area (Å²) in [4.78, 5) is 2.63. The highest BCUT2D eigenvalue weighted by molar-refractivity contribution is 8.06. The molecule has 2 atom stereocenters. The van der Waals surface area contributed by atoms with Crippen LogP contribution >= 0.6 is 23.5 Å². The van der Waals surface area contributed by atoms with Gasteiger partial charge in [0, 0.05) is 54.7 Å². The van der Waals surface area contributed by atoms with Crippen molar-refractivity contribution in [2.45, 2.75) is 18.2 Å². The molecule has 0 aromatic carbocycles. The first-order valence-electron chi connectivity index (χ1n) is 5.49. The second kappa shape index (κ2) is 5.64. The summed E-state index contributed by atoms with van der Waals surface area (Å²) in [5.74, 6) is 4.08. The van der Waals surface area contributed by atoms with Gasteiger partial charge < -0.3 is 5.32 Å². The Balaban J connectivity index is 1.72. The molecule has 2 aliphatic rings. The van der Waals surface area contributed by atoms with Gasteiger partial charge in [-0.05, 0) is 6.92 Å². The normalized spacial score (nSPS) is 35.8. The van der Waals surface area contributed by atoms with Gasteiger partial charge >= 0.3 is 0 Å². The number of rotatable bonds is 2. The lowest BCUT2D eigenvalue weighted by atomic mass is 10.2. The molecule has 14 heavy (non-hydrogen) atoms. The predicted octanol–water partition coefficient (Wildman–Crippen LogP) is 1.13. The van der Waals surface area contributed by atoms with Gasteiger partial charge in [0.05, 0.1) is 0 Å². The van der Waals surface area contributed by atoms with Gasteiger partial charge in [-0.15, -0.1) is 0 Å². The van der Waals surface area contributed by atoms with Crippen LogP contribution in [0.15, 0.2) is 0 Å². The van der Waals surface area contributed by atoms with Crippen molar-refractivity contribution in [3.05, 3.63) is 0 Å². The van der Waals surface area contributed by atoms with E-state index in [1.807, 2.05) is 0 Å². The molecule has 2 heterocycles. The van der Waals surface area contributed by atoms with E-state index in [2.05, 4.69) is 40.7 Å². The number of piperazine rings is 1. The third kappa shape index (κ3) is 3.33. The molecule has 82 valence electrons. The molecule has 0 aromatic heterocycles. The van der Waals surface area contributed by atoms with E-state index in [4.69, 9.17) is 0 Å². The molecule has 0 amide bonds. The second-order valence-electron chi connectivity index (χ2n) is 4.18. The van der Waals surface area contributed by atoms with Gasteiger partial charge in [0.2, 0.25) is 0 Å². The Bertz CT molecular complexity index is 172. The summed E-state index contributed by atoms with van der Waals surface area (Å²) in [7, 11) is 0. The van der Waals surface area contributed by atoms with Crippen LogP contribution in [0.5, 0.6) is 0 Å². The molecule has 2 nitrogen and oxygen atoms in total. The summed E-state index contributed by atoms with van der Waals surface area (Å²) >= 11 is 4.30. The van der Waals surface area contributed by atoms with Crippen LogP contribution < -0.4 is 5.32 Å². The minimum Gasteiger partial charge on any atom is -0.312 e. The minimum atomic E-state index is 0.685. The first-order valence-corrected chi connectivity index (χ1v) is 7.70. The summed E-state index contributed by atoms with van der Waals surface area (Å²) in [6, 6.07) is 0.685. The zero-order chi connectivity index (χ0) is 9.80. The summed E-state index contributed by atoms with van der Waals surface area (Å²) in [5, 5.41) is 4.38. The molecule has 1 N–H and O–H groups in total. The Morgan fingerprint density at radius 3 is 3.07 bits per heavy atom. The maximum atomic E-state index is 3.50. The molecule has 0 saturated carbocycles. The van der Waals surface area contributed by atoms with Crippen molar-refractivity contribution in [3.63, 3.8) is 0 Å². The van der Waals surface area contributed by atoms with E-state index < -0.39 is 0 Å². The number of nitrogens with zero attached hydrogens (tertiary/aromatic N) is 1. The predicted molar refractivity (Wildman–Crippen MR) is 67.5 cm³/mol. The van der Waals surface area contributed by atoms with Gasteiger partial charge in [-0.25, -0.2) is 0 Å². The Morgan fingerprint density at radius 1 is 1.43 bits per heavy atom. The zero-order valence-electron chi connectivity index (χ0n) is 8.87. The van der Waals surface area contributed by atoms with Crippen molar-refractivity contribution in [1.82, 2.24) is 10.2 Å². The first-order chi connectivity index (χ1) is 6.84. The topological polar surface area (TPSA) is 15.3 Å². The molecule has 0 bridgehead atoms. The highest BCUT2D eigenvalue weighted by Gasteiger charge is 2.21. The van der Waals surface area contributed by atoms with Crippen LogP contribution in [0, 0.1) is 0 Å².